The van der Waals surface area contributed by atoms with E-state index in [0.717, 1.165) is 28.2 Å². The second-order valence-corrected chi connectivity index (χ2v) is 9.00. The molecule has 1 aliphatic rings. The Kier molecular flexibility index (Phi) is 6.99. The molecule has 1 saturated carbocycles. The number of hydrogen-bond acceptors (Lipinski definition) is 4. The van der Waals surface area contributed by atoms with Crippen molar-refractivity contribution in [2.45, 2.75) is 51.5 Å². The van der Waals surface area contributed by atoms with Crippen molar-refractivity contribution in [1.82, 2.24) is 0 Å². The summed E-state index contributed by atoms with van der Waals surface area (Å²) >= 11 is 0. The van der Waals surface area contributed by atoms with E-state index in [4.69, 9.17) is 5.73 Å². The molecule has 5 heteroatoms. The minimum Gasteiger partial charge on any atom is -0.478 e. The number of rotatable bonds is 7. The molecule has 0 radical (unpaired) electrons. The number of aryl methyl sites for hydroxylation is 1. The van der Waals surface area contributed by atoms with Crippen molar-refractivity contribution in [2.75, 3.05) is 17.3 Å². The van der Waals surface area contributed by atoms with E-state index in [-0.39, 0.29) is 5.56 Å². The van der Waals surface area contributed by atoms with Gasteiger partial charge in [0.2, 0.25) is 0 Å². The Hall–Kier alpha value is -3.31. The number of aromatic carboxylic acids is 1. The molecule has 1 aliphatic carbocycles. The summed E-state index contributed by atoms with van der Waals surface area (Å²) in [7, 11) is 2.07. The minimum absolute atomic E-state index is 0.219. The number of hydrogen-bond donors (Lipinski definition) is 3. The lowest BCUT2D eigenvalue weighted by Gasteiger charge is -2.24. The quantitative estimate of drug-likeness (QED) is 0.378. The zero-order valence-corrected chi connectivity index (χ0v) is 19.5. The molecule has 0 spiro atoms. The van der Waals surface area contributed by atoms with Gasteiger partial charge in [0.1, 0.15) is 0 Å². The molecule has 0 atom stereocenters. The van der Waals surface area contributed by atoms with Gasteiger partial charge < -0.3 is 21.1 Å². The Bertz CT molecular complexity index is 1120. The predicted molar refractivity (Wildman–Crippen MR) is 136 cm³/mol. The van der Waals surface area contributed by atoms with Gasteiger partial charge in [0, 0.05) is 30.7 Å². The van der Waals surface area contributed by atoms with Gasteiger partial charge in [-0.25, -0.2) is 4.79 Å². The van der Waals surface area contributed by atoms with Gasteiger partial charge in [-0.15, -0.1) is 0 Å². The zero-order valence-electron chi connectivity index (χ0n) is 19.5. The standard InChI is InChI=1S/C28H33N3O2/c1-19-16-24(31(2)23-11-9-22(10-12-23)21-6-4-3-5-7-21)13-15-26(19)30-27-14-8-20(18-29)17-25(27)28(32)33/h8-17,21,30H,3-7,18,29H2,1-2H3,(H,32,33). The summed E-state index contributed by atoms with van der Waals surface area (Å²) < 4.78 is 0. The van der Waals surface area contributed by atoms with Crippen molar-refractivity contribution in [3.63, 3.8) is 0 Å². The molecule has 0 unspecified atom stereocenters. The van der Waals surface area contributed by atoms with Crippen molar-refractivity contribution < 1.29 is 9.90 Å². The van der Waals surface area contributed by atoms with E-state index in [1.165, 1.54) is 37.7 Å². The highest BCUT2D eigenvalue weighted by Gasteiger charge is 2.16. The molecule has 33 heavy (non-hydrogen) atoms. The van der Waals surface area contributed by atoms with Crippen LogP contribution in [0.3, 0.4) is 0 Å². The molecule has 0 aromatic heterocycles. The summed E-state index contributed by atoms with van der Waals surface area (Å²) in [5.74, 6) is -0.265. The number of anilines is 4. The molecule has 0 bridgehead atoms. The molecule has 0 saturated heterocycles. The molecule has 3 aromatic carbocycles. The van der Waals surface area contributed by atoms with E-state index in [0.29, 0.717) is 18.2 Å². The fourth-order valence-electron chi connectivity index (χ4n) is 4.70. The van der Waals surface area contributed by atoms with Crippen molar-refractivity contribution >= 4 is 28.7 Å². The van der Waals surface area contributed by atoms with E-state index in [2.05, 4.69) is 53.7 Å². The van der Waals surface area contributed by atoms with Crippen LogP contribution >= 0.6 is 0 Å². The van der Waals surface area contributed by atoms with Gasteiger partial charge in [-0.1, -0.05) is 37.5 Å². The second-order valence-electron chi connectivity index (χ2n) is 9.00. The third kappa shape index (κ3) is 5.20. The Labute approximate surface area is 196 Å². The second kappa shape index (κ2) is 10.1. The summed E-state index contributed by atoms with van der Waals surface area (Å²) in [5, 5.41) is 12.9. The van der Waals surface area contributed by atoms with Crippen LogP contribution in [0.15, 0.2) is 60.7 Å². The van der Waals surface area contributed by atoms with Gasteiger partial charge in [-0.05, 0) is 84.8 Å². The number of carbonyl (C=O) groups is 1. The molecule has 4 rings (SSSR count). The Morgan fingerprint density at radius 1 is 0.970 bits per heavy atom. The van der Waals surface area contributed by atoms with Gasteiger partial charge in [0.25, 0.3) is 0 Å². The van der Waals surface area contributed by atoms with Crippen LogP contribution in [0, 0.1) is 6.92 Å². The van der Waals surface area contributed by atoms with Gasteiger partial charge in [0.15, 0.2) is 0 Å². The van der Waals surface area contributed by atoms with Crippen molar-refractivity contribution in [2.24, 2.45) is 5.73 Å². The first-order chi connectivity index (χ1) is 16.0. The first-order valence-electron chi connectivity index (χ1n) is 11.7. The van der Waals surface area contributed by atoms with Crippen LogP contribution in [0.4, 0.5) is 22.7 Å². The third-order valence-corrected chi connectivity index (χ3v) is 6.77. The lowest BCUT2D eigenvalue weighted by Crippen LogP contribution is -2.11. The molecular weight excluding hydrogens is 410 g/mol. The lowest BCUT2D eigenvalue weighted by atomic mass is 9.84. The highest BCUT2D eigenvalue weighted by atomic mass is 16.4. The molecule has 3 aromatic rings. The van der Waals surface area contributed by atoms with E-state index in [9.17, 15) is 9.90 Å². The first kappa shape index (κ1) is 22.9. The average Bonchev–Trinajstić information content (AvgIpc) is 2.85. The van der Waals surface area contributed by atoms with Gasteiger partial charge in [-0.2, -0.15) is 0 Å². The van der Waals surface area contributed by atoms with Crippen LogP contribution in [0.1, 0.15) is 65.1 Å². The summed E-state index contributed by atoms with van der Waals surface area (Å²) in [6.07, 6.45) is 6.68. The number of nitrogens with zero attached hydrogens (tertiary/aromatic N) is 1. The summed E-state index contributed by atoms with van der Waals surface area (Å²) in [4.78, 5) is 13.9. The Balaban J connectivity index is 1.51. The van der Waals surface area contributed by atoms with E-state index >= 15 is 0 Å². The molecule has 0 heterocycles. The van der Waals surface area contributed by atoms with Crippen LogP contribution in [-0.4, -0.2) is 18.1 Å². The van der Waals surface area contributed by atoms with Crippen molar-refractivity contribution in [3.8, 4) is 0 Å². The van der Waals surface area contributed by atoms with E-state index in [1.54, 1.807) is 12.1 Å². The maximum Gasteiger partial charge on any atom is 0.337 e. The molecule has 5 nitrogen and oxygen atoms in total. The number of nitrogens with one attached hydrogen (secondary N) is 1. The van der Waals surface area contributed by atoms with Crippen LogP contribution in [0.5, 0.6) is 0 Å². The average molecular weight is 444 g/mol. The van der Waals surface area contributed by atoms with Crippen LogP contribution in [0.25, 0.3) is 0 Å². The maximum atomic E-state index is 11.7. The SMILES string of the molecule is Cc1cc(N(C)c2ccc(C3CCCCC3)cc2)ccc1Nc1ccc(CN)cc1C(=O)O. The third-order valence-electron chi connectivity index (χ3n) is 6.77. The number of carboxylic acid groups (broad SMARTS) is 1. The fraction of sp³-hybridized carbons (Fsp3) is 0.321. The minimum atomic E-state index is -0.974. The number of benzene rings is 3. The molecule has 0 amide bonds. The summed E-state index contributed by atoms with van der Waals surface area (Å²) in [6, 6.07) is 20.4. The monoisotopic (exact) mass is 443 g/mol. The molecular formula is C28H33N3O2. The number of nitrogens with two attached hydrogens (primary N) is 1. The lowest BCUT2D eigenvalue weighted by molar-refractivity contribution is 0.0698. The maximum absolute atomic E-state index is 11.7. The van der Waals surface area contributed by atoms with Gasteiger partial charge in [-0.3, -0.25) is 0 Å². The normalized spacial score (nSPS) is 14.2. The summed E-state index contributed by atoms with van der Waals surface area (Å²) in [5.41, 5.74) is 12.8. The molecule has 0 aliphatic heterocycles. The van der Waals surface area contributed by atoms with Gasteiger partial charge in [0.05, 0.1) is 11.3 Å². The van der Waals surface area contributed by atoms with Crippen LogP contribution in [-0.2, 0) is 6.54 Å². The van der Waals surface area contributed by atoms with Crippen molar-refractivity contribution in [1.29, 1.82) is 0 Å². The fourth-order valence-corrected chi connectivity index (χ4v) is 4.70. The van der Waals surface area contributed by atoms with Crippen molar-refractivity contribution in [3.05, 3.63) is 82.9 Å². The molecule has 172 valence electrons. The first-order valence-corrected chi connectivity index (χ1v) is 11.7. The molecule has 4 N–H and O–H groups in total. The Morgan fingerprint density at radius 3 is 2.27 bits per heavy atom. The smallest absolute Gasteiger partial charge is 0.337 e. The number of carboxylic acids is 1. The highest BCUT2D eigenvalue weighted by molar-refractivity contribution is 5.95. The van der Waals surface area contributed by atoms with Crippen LogP contribution < -0.4 is 16.0 Å². The van der Waals surface area contributed by atoms with E-state index in [1.807, 2.05) is 19.1 Å². The highest BCUT2D eigenvalue weighted by Crippen LogP contribution is 2.35. The predicted octanol–water partition coefficient (Wildman–Crippen LogP) is 6.71. The van der Waals surface area contributed by atoms with Gasteiger partial charge >= 0.3 is 5.97 Å². The zero-order chi connectivity index (χ0) is 23.4. The Morgan fingerprint density at radius 2 is 1.64 bits per heavy atom. The molecule has 1 fully saturated rings. The van der Waals surface area contributed by atoms with E-state index < -0.39 is 5.97 Å². The topological polar surface area (TPSA) is 78.6 Å². The largest absolute Gasteiger partial charge is 0.478 e. The van der Waals surface area contributed by atoms with Crippen LogP contribution in [0.2, 0.25) is 0 Å². The summed E-state index contributed by atoms with van der Waals surface area (Å²) in [6.45, 7) is 2.34.